The van der Waals surface area contributed by atoms with Crippen molar-refractivity contribution in [2.75, 3.05) is 13.1 Å². The minimum atomic E-state index is -0.365. The monoisotopic (exact) mass is 330 g/mol. The molecule has 2 atom stereocenters. The summed E-state index contributed by atoms with van der Waals surface area (Å²) in [5.41, 5.74) is 1.03. The Kier molecular flexibility index (Phi) is 6.70. The van der Waals surface area contributed by atoms with Gasteiger partial charge in [0.15, 0.2) is 0 Å². The highest BCUT2D eigenvalue weighted by Gasteiger charge is 2.26. The fourth-order valence-electron chi connectivity index (χ4n) is 4.49. The number of nitrogens with zero attached hydrogens (tertiary/aromatic N) is 1. The lowest BCUT2D eigenvalue weighted by Gasteiger charge is -2.40. The van der Waals surface area contributed by atoms with Crippen LogP contribution in [-0.4, -0.2) is 41.2 Å². The number of hydrogen-bond acceptors (Lipinski definition) is 3. The van der Waals surface area contributed by atoms with Gasteiger partial charge in [-0.25, -0.2) is 0 Å². The molecule has 1 aromatic carbocycles. The highest BCUT2D eigenvalue weighted by molar-refractivity contribution is 5.17. The Bertz CT molecular complexity index is 464. The topological polar surface area (TPSA) is 35.5 Å². The standard InChI is InChI=1S/C21H34N2O/c1-17(16-21(24)18-8-4-2-5-9-18)22-19-12-14-23(15-13-19)20-10-6-3-7-11-20/h2,4-5,8-9,17,19-22,24H,3,6-7,10-16H2,1H3. The van der Waals surface area contributed by atoms with Crippen molar-refractivity contribution in [2.24, 2.45) is 0 Å². The highest BCUT2D eigenvalue weighted by atomic mass is 16.3. The molecule has 3 heteroatoms. The SMILES string of the molecule is CC(CC(O)c1ccccc1)NC1CCN(C2CCCCC2)CC1. The predicted octanol–water partition coefficient (Wildman–Crippen LogP) is 3.89. The normalized spacial score (nSPS) is 23.9. The highest BCUT2D eigenvalue weighted by Crippen LogP contribution is 2.26. The van der Waals surface area contributed by atoms with Crippen LogP contribution in [0.3, 0.4) is 0 Å². The zero-order valence-electron chi connectivity index (χ0n) is 15.2. The van der Waals surface area contributed by atoms with Crippen LogP contribution in [0.15, 0.2) is 30.3 Å². The quantitative estimate of drug-likeness (QED) is 0.831. The van der Waals surface area contributed by atoms with E-state index in [1.165, 1.54) is 58.0 Å². The van der Waals surface area contributed by atoms with Crippen LogP contribution < -0.4 is 5.32 Å². The molecule has 1 aromatic rings. The van der Waals surface area contributed by atoms with Crippen LogP contribution in [0.5, 0.6) is 0 Å². The number of nitrogens with one attached hydrogen (secondary N) is 1. The van der Waals surface area contributed by atoms with Gasteiger partial charge in [0, 0.05) is 18.1 Å². The summed E-state index contributed by atoms with van der Waals surface area (Å²) < 4.78 is 0. The Morgan fingerprint density at radius 3 is 2.38 bits per heavy atom. The summed E-state index contributed by atoms with van der Waals surface area (Å²) in [6, 6.07) is 11.8. The van der Waals surface area contributed by atoms with E-state index in [1.807, 2.05) is 30.3 Å². The fraction of sp³-hybridized carbons (Fsp3) is 0.714. The van der Waals surface area contributed by atoms with Gasteiger partial charge in [-0.1, -0.05) is 49.6 Å². The van der Waals surface area contributed by atoms with Crippen LogP contribution in [0.1, 0.15) is 70.0 Å². The van der Waals surface area contributed by atoms with Crippen LogP contribution >= 0.6 is 0 Å². The fourth-order valence-corrected chi connectivity index (χ4v) is 4.49. The zero-order chi connectivity index (χ0) is 16.8. The first-order chi connectivity index (χ1) is 11.7. The molecule has 3 rings (SSSR count). The van der Waals surface area contributed by atoms with Gasteiger partial charge in [0.2, 0.25) is 0 Å². The Balaban J connectivity index is 1.39. The second kappa shape index (κ2) is 8.98. The molecule has 0 spiro atoms. The molecule has 134 valence electrons. The van der Waals surface area contributed by atoms with Crippen LogP contribution in [0, 0.1) is 0 Å². The van der Waals surface area contributed by atoms with Crippen molar-refractivity contribution < 1.29 is 5.11 Å². The number of rotatable bonds is 6. The van der Waals surface area contributed by atoms with E-state index >= 15 is 0 Å². The van der Waals surface area contributed by atoms with Gasteiger partial charge in [0.25, 0.3) is 0 Å². The Morgan fingerprint density at radius 1 is 1.04 bits per heavy atom. The summed E-state index contributed by atoms with van der Waals surface area (Å²) in [5.74, 6) is 0. The summed E-state index contributed by atoms with van der Waals surface area (Å²) in [5, 5.41) is 14.1. The lowest BCUT2D eigenvalue weighted by atomic mass is 9.92. The number of likely N-dealkylation sites (tertiary alicyclic amines) is 1. The summed E-state index contributed by atoms with van der Waals surface area (Å²) in [6.07, 6.45) is 10.0. The Morgan fingerprint density at radius 2 is 1.71 bits per heavy atom. The van der Waals surface area contributed by atoms with Gasteiger partial charge in [-0.3, -0.25) is 0 Å². The summed E-state index contributed by atoms with van der Waals surface area (Å²) in [7, 11) is 0. The molecular formula is C21H34N2O. The third kappa shape index (κ3) is 5.05. The van der Waals surface area contributed by atoms with E-state index in [4.69, 9.17) is 0 Å². The Labute approximate surface area is 147 Å². The lowest BCUT2D eigenvalue weighted by molar-refractivity contribution is 0.107. The number of aliphatic hydroxyl groups excluding tert-OH is 1. The van der Waals surface area contributed by atoms with Gasteiger partial charge >= 0.3 is 0 Å². The van der Waals surface area contributed by atoms with Gasteiger partial charge in [-0.2, -0.15) is 0 Å². The van der Waals surface area contributed by atoms with E-state index in [0.29, 0.717) is 12.1 Å². The van der Waals surface area contributed by atoms with Crippen molar-refractivity contribution in [3.63, 3.8) is 0 Å². The molecule has 1 aliphatic carbocycles. The van der Waals surface area contributed by atoms with Crippen molar-refractivity contribution in [1.82, 2.24) is 10.2 Å². The van der Waals surface area contributed by atoms with Gasteiger partial charge in [0.05, 0.1) is 6.10 Å². The van der Waals surface area contributed by atoms with Gasteiger partial charge in [-0.15, -0.1) is 0 Å². The van der Waals surface area contributed by atoms with E-state index < -0.39 is 0 Å². The second-order valence-electron chi connectivity index (χ2n) is 7.83. The maximum Gasteiger partial charge on any atom is 0.0804 e. The van der Waals surface area contributed by atoms with Crippen molar-refractivity contribution in [1.29, 1.82) is 0 Å². The number of benzene rings is 1. The second-order valence-corrected chi connectivity index (χ2v) is 7.83. The molecule has 1 heterocycles. The summed E-state index contributed by atoms with van der Waals surface area (Å²) >= 11 is 0. The lowest BCUT2D eigenvalue weighted by Crippen LogP contribution is -2.49. The molecule has 2 N–H and O–H groups in total. The van der Waals surface area contributed by atoms with E-state index in [1.54, 1.807) is 0 Å². The molecule has 1 saturated heterocycles. The maximum atomic E-state index is 10.4. The molecule has 1 saturated carbocycles. The van der Waals surface area contributed by atoms with Crippen molar-refractivity contribution in [3.8, 4) is 0 Å². The molecule has 2 aliphatic rings. The van der Waals surface area contributed by atoms with Crippen molar-refractivity contribution >= 4 is 0 Å². The van der Waals surface area contributed by atoms with Gasteiger partial charge in [-0.05, 0) is 57.7 Å². The first kappa shape index (κ1) is 17.9. The third-order valence-corrected chi connectivity index (χ3v) is 5.90. The molecule has 0 aromatic heterocycles. The first-order valence-electron chi connectivity index (χ1n) is 9.95. The summed E-state index contributed by atoms with van der Waals surface area (Å²) in [6.45, 7) is 4.70. The molecule has 2 fully saturated rings. The van der Waals surface area contributed by atoms with Crippen molar-refractivity contribution in [2.45, 2.75) is 82.5 Å². The Hall–Kier alpha value is -0.900. The van der Waals surface area contributed by atoms with Crippen LogP contribution in [0.4, 0.5) is 0 Å². The van der Waals surface area contributed by atoms with Crippen LogP contribution in [0.25, 0.3) is 0 Å². The van der Waals surface area contributed by atoms with Gasteiger partial charge < -0.3 is 15.3 Å². The van der Waals surface area contributed by atoms with E-state index in [2.05, 4.69) is 17.1 Å². The molecule has 2 unspecified atom stereocenters. The predicted molar refractivity (Wildman–Crippen MR) is 100 cm³/mol. The maximum absolute atomic E-state index is 10.4. The molecule has 3 nitrogen and oxygen atoms in total. The molecule has 0 bridgehead atoms. The minimum absolute atomic E-state index is 0.353. The molecular weight excluding hydrogens is 296 g/mol. The number of piperidine rings is 1. The average molecular weight is 331 g/mol. The van der Waals surface area contributed by atoms with E-state index in [9.17, 15) is 5.11 Å². The van der Waals surface area contributed by atoms with Crippen molar-refractivity contribution in [3.05, 3.63) is 35.9 Å². The van der Waals surface area contributed by atoms with Crippen LogP contribution in [-0.2, 0) is 0 Å². The number of aliphatic hydroxyl groups is 1. The zero-order valence-corrected chi connectivity index (χ0v) is 15.2. The van der Waals surface area contributed by atoms with E-state index in [-0.39, 0.29) is 6.10 Å². The molecule has 0 radical (unpaired) electrons. The molecule has 24 heavy (non-hydrogen) atoms. The smallest absolute Gasteiger partial charge is 0.0804 e. The molecule has 0 amide bonds. The minimum Gasteiger partial charge on any atom is -0.388 e. The largest absolute Gasteiger partial charge is 0.388 e. The average Bonchev–Trinajstić information content (AvgIpc) is 2.64. The molecule has 1 aliphatic heterocycles. The first-order valence-corrected chi connectivity index (χ1v) is 9.95. The summed E-state index contributed by atoms with van der Waals surface area (Å²) in [4.78, 5) is 2.74. The third-order valence-electron chi connectivity index (χ3n) is 5.90. The van der Waals surface area contributed by atoms with Gasteiger partial charge in [0.1, 0.15) is 0 Å². The number of hydrogen-bond donors (Lipinski definition) is 2. The van der Waals surface area contributed by atoms with Crippen LogP contribution in [0.2, 0.25) is 0 Å². The van der Waals surface area contributed by atoms with E-state index in [0.717, 1.165) is 18.0 Å².